The minimum absolute atomic E-state index is 0.0192. The fourth-order valence-corrected chi connectivity index (χ4v) is 1.91. The molecule has 0 spiro atoms. The van der Waals surface area contributed by atoms with Crippen LogP contribution in [0.4, 0.5) is 0 Å². The van der Waals surface area contributed by atoms with Crippen molar-refractivity contribution in [1.29, 1.82) is 0 Å². The second-order valence-corrected chi connectivity index (χ2v) is 3.98. The molecule has 2 unspecified atom stereocenters. The summed E-state index contributed by atoms with van der Waals surface area (Å²) in [6.07, 6.45) is 3.20. The molecule has 4 nitrogen and oxygen atoms in total. The Kier molecular flexibility index (Phi) is 2.77. The topological polar surface area (TPSA) is 42.7 Å². The Bertz CT molecular complexity index is 324. The van der Waals surface area contributed by atoms with Gasteiger partial charge in [-0.15, -0.1) is 0 Å². The van der Waals surface area contributed by atoms with Crippen LogP contribution in [0, 0.1) is 0 Å². The van der Waals surface area contributed by atoms with Crippen molar-refractivity contribution < 1.29 is 13.9 Å². The molecule has 2 heterocycles. The molecule has 1 amide bonds. The third-order valence-corrected chi connectivity index (χ3v) is 2.47. The van der Waals surface area contributed by atoms with Crippen molar-refractivity contribution in [2.24, 2.45) is 0 Å². The molecule has 1 fully saturated rings. The SMILES string of the molecule is CC1CN(C(=O)c2ccoc2)CC(C)O1. The molecule has 1 aliphatic heterocycles. The van der Waals surface area contributed by atoms with Gasteiger partial charge in [-0.25, -0.2) is 0 Å². The highest BCUT2D eigenvalue weighted by Crippen LogP contribution is 2.14. The van der Waals surface area contributed by atoms with Crippen LogP contribution in [0.5, 0.6) is 0 Å². The highest BCUT2D eigenvalue weighted by atomic mass is 16.5. The maximum atomic E-state index is 12.0. The van der Waals surface area contributed by atoms with Crippen molar-refractivity contribution in [2.45, 2.75) is 26.1 Å². The van der Waals surface area contributed by atoms with E-state index in [-0.39, 0.29) is 18.1 Å². The zero-order valence-corrected chi connectivity index (χ0v) is 8.97. The number of carbonyl (C=O) groups excluding carboxylic acids is 1. The summed E-state index contributed by atoms with van der Waals surface area (Å²) in [6, 6.07) is 1.69. The van der Waals surface area contributed by atoms with Crippen molar-refractivity contribution in [1.82, 2.24) is 4.90 Å². The summed E-state index contributed by atoms with van der Waals surface area (Å²) >= 11 is 0. The van der Waals surface area contributed by atoms with Gasteiger partial charge in [0.1, 0.15) is 6.26 Å². The molecule has 82 valence electrons. The molecule has 0 radical (unpaired) electrons. The van der Waals surface area contributed by atoms with Crippen LogP contribution in [-0.2, 0) is 4.74 Å². The van der Waals surface area contributed by atoms with E-state index in [2.05, 4.69) is 0 Å². The van der Waals surface area contributed by atoms with E-state index in [0.29, 0.717) is 18.7 Å². The molecule has 4 heteroatoms. The maximum Gasteiger partial charge on any atom is 0.257 e. The smallest absolute Gasteiger partial charge is 0.257 e. The first-order valence-corrected chi connectivity index (χ1v) is 5.13. The summed E-state index contributed by atoms with van der Waals surface area (Å²) in [7, 11) is 0. The number of furan rings is 1. The van der Waals surface area contributed by atoms with E-state index in [1.165, 1.54) is 12.5 Å². The number of hydrogen-bond acceptors (Lipinski definition) is 3. The van der Waals surface area contributed by atoms with Gasteiger partial charge in [-0.2, -0.15) is 0 Å². The van der Waals surface area contributed by atoms with Crippen molar-refractivity contribution in [3.63, 3.8) is 0 Å². The minimum Gasteiger partial charge on any atom is -0.472 e. The number of amides is 1. The molecule has 2 rings (SSSR count). The van der Waals surface area contributed by atoms with Crippen molar-refractivity contribution in [3.8, 4) is 0 Å². The van der Waals surface area contributed by atoms with Gasteiger partial charge in [0.05, 0.1) is 24.0 Å². The average Bonchev–Trinajstić information content (AvgIpc) is 2.67. The van der Waals surface area contributed by atoms with Crippen LogP contribution >= 0.6 is 0 Å². The Morgan fingerprint density at radius 1 is 1.40 bits per heavy atom. The summed E-state index contributed by atoms with van der Waals surface area (Å²) in [4.78, 5) is 13.8. The number of rotatable bonds is 1. The zero-order chi connectivity index (χ0) is 10.8. The second-order valence-electron chi connectivity index (χ2n) is 3.98. The van der Waals surface area contributed by atoms with Crippen LogP contribution in [-0.4, -0.2) is 36.1 Å². The molecule has 0 aromatic carbocycles. The van der Waals surface area contributed by atoms with Crippen molar-refractivity contribution >= 4 is 5.91 Å². The van der Waals surface area contributed by atoms with Gasteiger partial charge in [-0.05, 0) is 19.9 Å². The molecule has 1 aromatic heterocycles. The van der Waals surface area contributed by atoms with Gasteiger partial charge in [0.25, 0.3) is 5.91 Å². The molecule has 0 bridgehead atoms. The maximum absolute atomic E-state index is 12.0. The summed E-state index contributed by atoms with van der Waals surface area (Å²) in [5, 5.41) is 0. The monoisotopic (exact) mass is 209 g/mol. The number of carbonyl (C=O) groups is 1. The van der Waals surface area contributed by atoms with Gasteiger partial charge in [-0.3, -0.25) is 4.79 Å². The Morgan fingerprint density at radius 3 is 2.60 bits per heavy atom. The molecule has 15 heavy (non-hydrogen) atoms. The zero-order valence-electron chi connectivity index (χ0n) is 8.97. The van der Waals surface area contributed by atoms with Gasteiger partial charge < -0.3 is 14.1 Å². The molecule has 1 aliphatic rings. The van der Waals surface area contributed by atoms with Crippen LogP contribution in [0.2, 0.25) is 0 Å². The van der Waals surface area contributed by atoms with Gasteiger partial charge in [0.2, 0.25) is 0 Å². The van der Waals surface area contributed by atoms with E-state index < -0.39 is 0 Å². The van der Waals surface area contributed by atoms with E-state index in [1.807, 2.05) is 18.7 Å². The van der Waals surface area contributed by atoms with E-state index in [0.717, 1.165) is 0 Å². The molecule has 1 saturated heterocycles. The Morgan fingerprint density at radius 2 is 2.07 bits per heavy atom. The fourth-order valence-electron chi connectivity index (χ4n) is 1.91. The van der Waals surface area contributed by atoms with E-state index in [4.69, 9.17) is 9.15 Å². The summed E-state index contributed by atoms with van der Waals surface area (Å²) in [6.45, 7) is 5.25. The van der Waals surface area contributed by atoms with Crippen LogP contribution < -0.4 is 0 Å². The van der Waals surface area contributed by atoms with Gasteiger partial charge in [0.15, 0.2) is 0 Å². The lowest BCUT2D eigenvalue weighted by molar-refractivity contribution is -0.0586. The predicted molar refractivity (Wildman–Crippen MR) is 54.6 cm³/mol. The first-order valence-electron chi connectivity index (χ1n) is 5.13. The normalized spacial score (nSPS) is 26.7. The van der Waals surface area contributed by atoms with Crippen LogP contribution in [0.1, 0.15) is 24.2 Å². The highest BCUT2D eigenvalue weighted by Gasteiger charge is 2.26. The quantitative estimate of drug-likeness (QED) is 0.704. The predicted octanol–water partition coefficient (Wildman–Crippen LogP) is 1.53. The first-order chi connectivity index (χ1) is 7.16. The fraction of sp³-hybridized carbons (Fsp3) is 0.545. The molecule has 2 atom stereocenters. The van der Waals surface area contributed by atoms with Crippen molar-refractivity contribution in [3.05, 3.63) is 24.2 Å². The molecular weight excluding hydrogens is 194 g/mol. The Labute approximate surface area is 88.8 Å². The van der Waals surface area contributed by atoms with Gasteiger partial charge in [0, 0.05) is 13.1 Å². The molecule has 0 aliphatic carbocycles. The molecule has 0 saturated carbocycles. The second kappa shape index (κ2) is 4.06. The number of ether oxygens (including phenoxy) is 1. The van der Waals surface area contributed by atoms with E-state index in [1.54, 1.807) is 6.07 Å². The van der Waals surface area contributed by atoms with Crippen LogP contribution in [0.3, 0.4) is 0 Å². The summed E-state index contributed by atoms with van der Waals surface area (Å²) in [5.74, 6) is 0.0192. The lowest BCUT2D eigenvalue weighted by Gasteiger charge is -2.35. The standard InChI is InChI=1S/C11H15NO3/c1-8-5-12(6-9(2)15-8)11(13)10-3-4-14-7-10/h3-4,7-9H,5-6H2,1-2H3. The van der Waals surface area contributed by atoms with E-state index in [9.17, 15) is 4.79 Å². The number of hydrogen-bond donors (Lipinski definition) is 0. The highest BCUT2D eigenvalue weighted by molar-refractivity contribution is 5.93. The van der Waals surface area contributed by atoms with Gasteiger partial charge in [-0.1, -0.05) is 0 Å². The number of morpholine rings is 1. The average molecular weight is 209 g/mol. The van der Waals surface area contributed by atoms with Crippen LogP contribution in [0.15, 0.2) is 23.0 Å². The van der Waals surface area contributed by atoms with Crippen LogP contribution in [0.25, 0.3) is 0 Å². The molecule has 1 aromatic rings. The third-order valence-electron chi connectivity index (χ3n) is 2.47. The van der Waals surface area contributed by atoms with E-state index >= 15 is 0 Å². The van der Waals surface area contributed by atoms with Gasteiger partial charge >= 0.3 is 0 Å². The molecule has 0 N–H and O–H groups in total. The summed E-state index contributed by atoms with van der Waals surface area (Å²) in [5.41, 5.74) is 0.608. The Hall–Kier alpha value is -1.29. The largest absolute Gasteiger partial charge is 0.472 e. The third kappa shape index (κ3) is 2.21. The minimum atomic E-state index is 0.0192. The Balaban J connectivity index is 2.07. The first kappa shape index (κ1) is 10.2. The summed E-state index contributed by atoms with van der Waals surface area (Å²) < 4.78 is 10.5. The number of nitrogens with zero attached hydrogens (tertiary/aromatic N) is 1. The molecular formula is C11H15NO3. The van der Waals surface area contributed by atoms with Crippen molar-refractivity contribution in [2.75, 3.05) is 13.1 Å². The lowest BCUT2D eigenvalue weighted by atomic mass is 10.2. The lowest BCUT2D eigenvalue weighted by Crippen LogP contribution is -2.48.